The Hall–Kier alpha value is -0.120. The maximum atomic E-state index is 3.69. The lowest BCUT2D eigenvalue weighted by Crippen LogP contribution is -2.53. The van der Waals surface area contributed by atoms with Gasteiger partial charge in [-0.1, -0.05) is 20.8 Å². The molecular formula is C17H37N3. The van der Waals surface area contributed by atoms with Crippen LogP contribution in [-0.2, 0) is 0 Å². The van der Waals surface area contributed by atoms with E-state index >= 15 is 0 Å². The molecule has 1 saturated heterocycles. The molecule has 3 nitrogen and oxygen atoms in total. The van der Waals surface area contributed by atoms with Crippen molar-refractivity contribution in [1.29, 1.82) is 0 Å². The third-order valence-corrected chi connectivity index (χ3v) is 4.71. The van der Waals surface area contributed by atoms with Gasteiger partial charge in [0.2, 0.25) is 0 Å². The standard InChI is InChI=1S/C17H37N3/c1-8-20-11-9-15(10-12-20)19(7)16(14(2)3)13-18-17(4,5)6/h14-16,18H,8-13H2,1-7H3. The zero-order valence-corrected chi connectivity index (χ0v) is 14.9. The maximum absolute atomic E-state index is 3.69. The van der Waals surface area contributed by atoms with Crippen LogP contribution >= 0.6 is 0 Å². The summed E-state index contributed by atoms with van der Waals surface area (Å²) in [6.45, 7) is 18.6. The second-order valence-corrected chi connectivity index (χ2v) is 7.77. The molecule has 1 N–H and O–H groups in total. The predicted molar refractivity (Wildman–Crippen MR) is 89.3 cm³/mol. The molecule has 1 aliphatic rings. The number of piperidine rings is 1. The van der Waals surface area contributed by atoms with Crippen molar-refractivity contribution in [2.24, 2.45) is 5.92 Å². The first-order valence-electron chi connectivity index (χ1n) is 8.44. The average molecular weight is 284 g/mol. The molecule has 0 aromatic heterocycles. The topological polar surface area (TPSA) is 18.5 Å². The molecule has 120 valence electrons. The molecule has 0 amide bonds. The van der Waals surface area contributed by atoms with Gasteiger partial charge >= 0.3 is 0 Å². The van der Waals surface area contributed by atoms with Crippen molar-refractivity contribution >= 4 is 0 Å². The van der Waals surface area contributed by atoms with Crippen LogP contribution in [0.5, 0.6) is 0 Å². The lowest BCUT2D eigenvalue weighted by Gasteiger charge is -2.42. The fourth-order valence-electron chi connectivity index (χ4n) is 3.17. The zero-order chi connectivity index (χ0) is 15.3. The van der Waals surface area contributed by atoms with E-state index in [1.54, 1.807) is 0 Å². The number of rotatable bonds is 6. The normalized spacial score (nSPS) is 20.9. The predicted octanol–water partition coefficient (Wildman–Crippen LogP) is 2.82. The van der Waals surface area contributed by atoms with Crippen LogP contribution in [0.4, 0.5) is 0 Å². The van der Waals surface area contributed by atoms with Gasteiger partial charge in [0.1, 0.15) is 0 Å². The molecule has 3 heteroatoms. The number of nitrogens with one attached hydrogen (secondary N) is 1. The Balaban J connectivity index is 2.54. The van der Waals surface area contributed by atoms with Crippen molar-refractivity contribution in [1.82, 2.24) is 15.1 Å². The summed E-state index contributed by atoms with van der Waals surface area (Å²) in [5.41, 5.74) is 0.208. The lowest BCUT2D eigenvalue weighted by molar-refractivity contribution is 0.0757. The highest BCUT2D eigenvalue weighted by molar-refractivity contribution is 4.86. The van der Waals surface area contributed by atoms with E-state index in [1.807, 2.05) is 0 Å². The van der Waals surface area contributed by atoms with E-state index in [4.69, 9.17) is 0 Å². The molecule has 0 aromatic carbocycles. The molecule has 20 heavy (non-hydrogen) atoms. The van der Waals surface area contributed by atoms with E-state index in [0.29, 0.717) is 12.0 Å². The maximum Gasteiger partial charge on any atom is 0.0243 e. The first kappa shape index (κ1) is 17.9. The molecule has 0 aliphatic carbocycles. The molecule has 1 atom stereocenters. The number of nitrogens with zero attached hydrogens (tertiary/aromatic N) is 2. The molecule has 0 aromatic rings. The molecule has 0 bridgehead atoms. The zero-order valence-electron chi connectivity index (χ0n) is 14.9. The van der Waals surface area contributed by atoms with Crippen molar-refractivity contribution in [3.63, 3.8) is 0 Å². The molecule has 0 saturated carbocycles. The van der Waals surface area contributed by atoms with Crippen LogP contribution in [0.25, 0.3) is 0 Å². The third kappa shape index (κ3) is 5.71. The highest BCUT2D eigenvalue weighted by atomic mass is 15.2. The fraction of sp³-hybridized carbons (Fsp3) is 1.00. The number of likely N-dealkylation sites (N-methyl/N-ethyl adjacent to an activating group) is 1. The highest BCUT2D eigenvalue weighted by Crippen LogP contribution is 2.20. The van der Waals surface area contributed by atoms with Crippen molar-refractivity contribution in [2.45, 2.75) is 72.0 Å². The number of hydrogen-bond acceptors (Lipinski definition) is 3. The summed E-state index contributed by atoms with van der Waals surface area (Å²) in [6, 6.07) is 1.39. The summed E-state index contributed by atoms with van der Waals surface area (Å²) in [6.07, 6.45) is 2.64. The Morgan fingerprint density at radius 2 is 1.75 bits per heavy atom. The Morgan fingerprint density at radius 3 is 2.15 bits per heavy atom. The first-order valence-corrected chi connectivity index (χ1v) is 8.44. The first-order chi connectivity index (χ1) is 9.24. The van der Waals surface area contributed by atoms with Crippen LogP contribution in [0.3, 0.4) is 0 Å². The van der Waals surface area contributed by atoms with E-state index in [-0.39, 0.29) is 5.54 Å². The minimum Gasteiger partial charge on any atom is -0.311 e. The summed E-state index contributed by atoms with van der Waals surface area (Å²) in [5.74, 6) is 0.694. The minimum absolute atomic E-state index is 0.208. The molecule has 0 radical (unpaired) electrons. The van der Waals surface area contributed by atoms with Crippen molar-refractivity contribution in [2.75, 3.05) is 33.2 Å². The van der Waals surface area contributed by atoms with Gasteiger partial charge in [0.15, 0.2) is 0 Å². The summed E-state index contributed by atoms with van der Waals surface area (Å²) in [5, 5.41) is 3.69. The van der Waals surface area contributed by atoms with Crippen molar-refractivity contribution < 1.29 is 0 Å². The molecule has 1 fully saturated rings. The van der Waals surface area contributed by atoms with Gasteiger partial charge in [-0.05, 0) is 66.2 Å². The Morgan fingerprint density at radius 1 is 1.20 bits per heavy atom. The van der Waals surface area contributed by atoms with Crippen LogP contribution in [0.15, 0.2) is 0 Å². The van der Waals surface area contributed by atoms with Gasteiger partial charge in [0, 0.05) is 24.2 Å². The Bertz CT molecular complexity index is 262. The second kappa shape index (κ2) is 7.77. The van der Waals surface area contributed by atoms with Gasteiger partial charge in [-0.15, -0.1) is 0 Å². The van der Waals surface area contributed by atoms with Crippen molar-refractivity contribution in [3.05, 3.63) is 0 Å². The van der Waals surface area contributed by atoms with Gasteiger partial charge in [0.05, 0.1) is 0 Å². The second-order valence-electron chi connectivity index (χ2n) is 7.77. The molecule has 1 rings (SSSR count). The summed E-state index contributed by atoms with van der Waals surface area (Å²) in [7, 11) is 2.33. The third-order valence-electron chi connectivity index (χ3n) is 4.71. The molecule has 0 spiro atoms. The molecular weight excluding hydrogens is 246 g/mol. The average Bonchev–Trinajstić information content (AvgIpc) is 2.37. The summed E-state index contributed by atoms with van der Waals surface area (Å²) >= 11 is 0. The van der Waals surface area contributed by atoms with Gasteiger partial charge in [-0.3, -0.25) is 4.90 Å². The summed E-state index contributed by atoms with van der Waals surface area (Å²) in [4.78, 5) is 5.22. The van der Waals surface area contributed by atoms with E-state index in [0.717, 1.165) is 12.6 Å². The van der Waals surface area contributed by atoms with E-state index in [2.05, 4.69) is 63.7 Å². The summed E-state index contributed by atoms with van der Waals surface area (Å²) < 4.78 is 0. The van der Waals surface area contributed by atoms with Gasteiger partial charge in [-0.2, -0.15) is 0 Å². The van der Waals surface area contributed by atoms with Gasteiger partial charge < -0.3 is 10.2 Å². The Kier molecular flexibility index (Phi) is 6.96. The number of hydrogen-bond donors (Lipinski definition) is 1. The van der Waals surface area contributed by atoms with Crippen LogP contribution in [0, 0.1) is 5.92 Å². The van der Waals surface area contributed by atoms with E-state index < -0.39 is 0 Å². The van der Waals surface area contributed by atoms with Crippen LogP contribution in [-0.4, -0.2) is 60.6 Å². The van der Waals surface area contributed by atoms with Crippen LogP contribution in [0.1, 0.15) is 54.4 Å². The van der Waals surface area contributed by atoms with Gasteiger partial charge in [0.25, 0.3) is 0 Å². The smallest absolute Gasteiger partial charge is 0.0243 e. The van der Waals surface area contributed by atoms with E-state index in [9.17, 15) is 0 Å². The number of likely N-dealkylation sites (tertiary alicyclic amines) is 1. The SMILES string of the molecule is CCN1CCC(N(C)C(CNC(C)(C)C)C(C)C)CC1. The quantitative estimate of drug-likeness (QED) is 0.809. The Labute approximate surface area is 127 Å². The lowest BCUT2D eigenvalue weighted by atomic mass is 9.96. The van der Waals surface area contributed by atoms with Crippen molar-refractivity contribution in [3.8, 4) is 0 Å². The molecule has 1 unspecified atom stereocenters. The minimum atomic E-state index is 0.208. The van der Waals surface area contributed by atoms with E-state index in [1.165, 1.54) is 32.5 Å². The monoisotopic (exact) mass is 283 g/mol. The largest absolute Gasteiger partial charge is 0.311 e. The fourth-order valence-corrected chi connectivity index (χ4v) is 3.17. The van der Waals surface area contributed by atoms with Crippen LogP contribution in [0.2, 0.25) is 0 Å². The molecule has 1 aliphatic heterocycles. The van der Waals surface area contributed by atoms with Gasteiger partial charge in [-0.25, -0.2) is 0 Å². The van der Waals surface area contributed by atoms with Crippen LogP contribution < -0.4 is 5.32 Å². The molecule has 1 heterocycles. The highest BCUT2D eigenvalue weighted by Gasteiger charge is 2.28.